The van der Waals surface area contributed by atoms with Gasteiger partial charge in [0.25, 0.3) is 11.8 Å². The van der Waals surface area contributed by atoms with Gasteiger partial charge in [-0.2, -0.15) is 5.10 Å². The van der Waals surface area contributed by atoms with Crippen LogP contribution in [0.3, 0.4) is 0 Å². The Morgan fingerprint density at radius 1 is 0.967 bits per heavy atom. The fraction of sp³-hybridized carbons (Fsp3) is 0.292. The molecule has 3 rings (SSSR count). The van der Waals surface area contributed by atoms with Crippen molar-refractivity contribution in [1.29, 1.82) is 0 Å². The number of nitrogens with zero attached hydrogens (tertiary/aromatic N) is 3. The lowest BCUT2D eigenvalue weighted by atomic mass is 10.1. The molecule has 0 aliphatic carbocycles. The van der Waals surface area contributed by atoms with Gasteiger partial charge in [0.1, 0.15) is 0 Å². The van der Waals surface area contributed by atoms with Gasteiger partial charge in [0.2, 0.25) is 0 Å². The number of carbonyl (C=O) groups is 2. The Bertz CT molecular complexity index is 988. The van der Waals surface area contributed by atoms with Gasteiger partial charge in [0.15, 0.2) is 5.69 Å². The Morgan fingerprint density at radius 2 is 1.60 bits per heavy atom. The first-order chi connectivity index (χ1) is 14.5. The third-order valence-electron chi connectivity index (χ3n) is 4.78. The average Bonchev–Trinajstić information content (AvgIpc) is 3.16. The minimum Gasteiger partial charge on any atom is -0.339 e. The molecule has 6 heteroatoms. The summed E-state index contributed by atoms with van der Waals surface area (Å²) in [5.74, 6) is -0.265. The summed E-state index contributed by atoms with van der Waals surface area (Å²) in [5.41, 5.74) is 3.37. The molecule has 0 spiro atoms. The molecular weight excluding hydrogens is 376 g/mol. The van der Waals surface area contributed by atoms with Crippen LogP contribution >= 0.6 is 0 Å². The summed E-state index contributed by atoms with van der Waals surface area (Å²) in [5, 5.41) is 7.29. The van der Waals surface area contributed by atoms with Crippen LogP contribution in [0.5, 0.6) is 0 Å². The Balaban J connectivity index is 1.70. The molecule has 2 amide bonds. The lowest BCUT2D eigenvalue weighted by molar-refractivity contribution is 0.0755. The van der Waals surface area contributed by atoms with E-state index in [1.807, 2.05) is 42.2 Å². The summed E-state index contributed by atoms with van der Waals surface area (Å²) in [4.78, 5) is 27.2. The van der Waals surface area contributed by atoms with Crippen molar-refractivity contribution in [3.05, 3.63) is 77.6 Å². The van der Waals surface area contributed by atoms with E-state index in [1.165, 1.54) is 0 Å². The maximum absolute atomic E-state index is 12.7. The van der Waals surface area contributed by atoms with E-state index in [1.54, 1.807) is 35.0 Å². The van der Waals surface area contributed by atoms with E-state index in [9.17, 15) is 9.59 Å². The van der Waals surface area contributed by atoms with E-state index in [2.05, 4.69) is 24.3 Å². The zero-order valence-corrected chi connectivity index (χ0v) is 17.8. The highest BCUT2D eigenvalue weighted by molar-refractivity contribution is 6.03. The van der Waals surface area contributed by atoms with Gasteiger partial charge >= 0.3 is 0 Å². The van der Waals surface area contributed by atoms with E-state index < -0.39 is 0 Å². The summed E-state index contributed by atoms with van der Waals surface area (Å²) < 4.78 is 1.74. The summed E-state index contributed by atoms with van der Waals surface area (Å²) in [6, 6.07) is 18.5. The zero-order chi connectivity index (χ0) is 21.5. The van der Waals surface area contributed by atoms with Crippen LogP contribution in [0.15, 0.2) is 60.7 Å². The molecule has 0 bridgehead atoms. The third-order valence-corrected chi connectivity index (χ3v) is 4.78. The Morgan fingerprint density at radius 3 is 2.20 bits per heavy atom. The molecule has 1 aromatic heterocycles. The summed E-state index contributed by atoms with van der Waals surface area (Å²) >= 11 is 0. The Kier molecular flexibility index (Phi) is 7.01. The van der Waals surface area contributed by atoms with E-state index in [0.717, 1.165) is 37.3 Å². The normalized spacial score (nSPS) is 10.6. The highest BCUT2D eigenvalue weighted by Crippen LogP contribution is 2.16. The molecule has 0 atom stereocenters. The van der Waals surface area contributed by atoms with E-state index in [4.69, 9.17) is 0 Å². The van der Waals surface area contributed by atoms with Crippen molar-refractivity contribution >= 4 is 17.5 Å². The molecule has 0 fully saturated rings. The second-order valence-corrected chi connectivity index (χ2v) is 7.24. The van der Waals surface area contributed by atoms with Gasteiger partial charge in [0.05, 0.1) is 5.69 Å². The number of hydrogen-bond acceptors (Lipinski definition) is 3. The van der Waals surface area contributed by atoms with Crippen LogP contribution < -0.4 is 5.32 Å². The van der Waals surface area contributed by atoms with Crippen LogP contribution in [0.4, 0.5) is 5.69 Å². The van der Waals surface area contributed by atoms with Crippen molar-refractivity contribution in [2.24, 2.45) is 0 Å². The molecule has 0 aliphatic rings. The van der Waals surface area contributed by atoms with Crippen LogP contribution in [0.25, 0.3) is 5.69 Å². The van der Waals surface area contributed by atoms with E-state index in [-0.39, 0.29) is 11.8 Å². The van der Waals surface area contributed by atoms with E-state index in [0.29, 0.717) is 16.9 Å². The van der Waals surface area contributed by atoms with E-state index >= 15 is 0 Å². The van der Waals surface area contributed by atoms with Crippen molar-refractivity contribution in [2.45, 2.75) is 33.6 Å². The van der Waals surface area contributed by atoms with Crippen LogP contribution in [0, 0.1) is 6.92 Å². The minimum absolute atomic E-state index is 0.0220. The topological polar surface area (TPSA) is 67.2 Å². The van der Waals surface area contributed by atoms with Crippen LogP contribution in [0.1, 0.15) is 53.2 Å². The van der Waals surface area contributed by atoms with Crippen molar-refractivity contribution < 1.29 is 9.59 Å². The quantitative estimate of drug-likeness (QED) is 0.592. The summed E-state index contributed by atoms with van der Waals surface area (Å²) in [6.07, 6.45) is 1.85. The number of rotatable bonds is 8. The lowest BCUT2D eigenvalue weighted by Crippen LogP contribution is -2.32. The van der Waals surface area contributed by atoms with Crippen molar-refractivity contribution in [1.82, 2.24) is 14.7 Å². The van der Waals surface area contributed by atoms with Gasteiger partial charge < -0.3 is 10.2 Å². The van der Waals surface area contributed by atoms with Gasteiger partial charge in [-0.05, 0) is 62.2 Å². The molecule has 156 valence electrons. The Hall–Kier alpha value is -3.41. The molecule has 0 saturated carbocycles. The number of benzene rings is 2. The van der Waals surface area contributed by atoms with Gasteiger partial charge in [-0.1, -0.05) is 32.0 Å². The second-order valence-electron chi connectivity index (χ2n) is 7.24. The maximum atomic E-state index is 12.7. The number of anilines is 1. The minimum atomic E-state index is -0.287. The zero-order valence-electron chi connectivity index (χ0n) is 17.8. The third kappa shape index (κ3) is 4.95. The predicted molar refractivity (Wildman–Crippen MR) is 119 cm³/mol. The molecule has 6 nitrogen and oxygen atoms in total. The maximum Gasteiger partial charge on any atom is 0.276 e. The monoisotopic (exact) mass is 404 g/mol. The van der Waals surface area contributed by atoms with Gasteiger partial charge in [-0.3, -0.25) is 9.59 Å². The van der Waals surface area contributed by atoms with Crippen LogP contribution in [0.2, 0.25) is 0 Å². The first kappa shape index (κ1) is 21.3. The lowest BCUT2D eigenvalue weighted by Gasteiger charge is -2.21. The van der Waals surface area contributed by atoms with Gasteiger partial charge in [0, 0.05) is 30.0 Å². The molecule has 0 unspecified atom stereocenters. The number of aromatic nitrogens is 2. The number of nitrogens with one attached hydrogen (secondary N) is 1. The SMILES string of the molecule is CCCN(CCC)C(=O)c1ccc(NC(=O)c2cc(C)n(-c3ccccc3)n2)cc1. The number of aryl methyl sites for hydroxylation is 1. The predicted octanol–water partition coefficient (Wildman–Crippen LogP) is 4.70. The molecule has 0 saturated heterocycles. The molecular formula is C24H28N4O2. The Labute approximate surface area is 177 Å². The van der Waals surface area contributed by atoms with Crippen molar-refractivity contribution in [2.75, 3.05) is 18.4 Å². The smallest absolute Gasteiger partial charge is 0.276 e. The van der Waals surface area contributed by atoms with Crippen LogP contribution in [-0.2, 0) is 0 Å². The fourth-order valence-electron chi connectivity index (χ4n) is 3.34. The largest absolute Gasteiger partial charge is 0.339 e. The number of amides is 2. The second kappa shape index (κ2) is 9.87. The summed E-state index contributed by atoms with van der Waals surface area (Å²) in [7, 11) is 0. The van der Waals surface area contributed by atoms with Crippen molar-refractivity contribution in [3.63, 3.8) is 0 Å². The number of para-hydroxylation sites is 1. The number of hydrogen-bond donors (Lipinski definition) is 1. The highest BCUT2D eigenvalue weighted by atomic mass is 16.2. The first-order valence-electron chi connectivity index (χ1n) is 10.4. The molecule has 2 aromatic carbocycles. The van der Waals surface area contributed by atoms with Gasteiger partial charge in [-0.25, -0.2) is 4.68 Å². The average molecular weight is 405 g/mol. The molecule has 30 heavy (non-hydrogen) atoms. The molecule has 0 radical (unpaired) electrons. The molecule has 1 heterocycles. The number of carbonyl (C=O) groups excluding carboxylic acids is 2. The van der Waals surface area contributed by atoms with Crippen molar-refractivity contribution in [3.8, 4) is 5.69 Å². The molecule has 3 aromatic rings. The van der Waals surface area contributed by atoms with Gasteiger partial charge in [-0.15, -0.1) is 0 Å². The molecule has 0 aliphatic heterocycles. The fourth-order valence-corrected chi connectivity index (χ4v) is 3.34. The van der Waals surface area contributed by atoms with Crippen LogP contribution in [-0.4, -0.2) is 39.6 Å². The summed E-state index contributed by atoms with van der Waals surface area (Å²) in [6.45, 7) is 7.53. The standard InChI is InChI=1S/C24H28N4O2/c1-4-15-27(16-5-2)24(30)19-11-13-20(14-12-19)25-23(29)22-17-18(3)28(26-22)21-9-7-6-8-10-21/h6-14,17H,4-5,15-16H2,1-3H3,(H,25,29). The molecule has 1 N–H and O–H groups in total. The first-order valence-corrected chi connectivity index (χ1v) is 10.4. The highest BCUT2D eigenvalue weighted by Gasteiger charge is 2.16.